The lowest BCUT2D eigenvalue weighted by molar-refractivity contribution is -0.126. The van der Waals surface area contributed by atoms with Gasteiger partial charge in [0.05, 0.1) is 30.5 Å². The monoisotopic (exact) mass is 301 g/mol. The number of H-pyrrole nitrogens is 1. The van der Waals surface area contributed by atoms with Crippen LogP contribution in [0.4, 0.5) is 0 Å². The quantitative estimate of drug-likeness (QED) is 0.876. The fourth-order valence-corrected chi connectivity index (χ4v) is 2.54. The molecule has 2 N–H and O–H groups in total. The summed E-state index contributed by atoms with van der Waals surface area (Å²) in [5.41, 5.74) is 2.76. The number of para-hydroxylation sites is 1. The molecule has 0 saturated heterocycles. The smallest absolute Gasteiger partial charge is 0.227 e. The predicted octanol–water partition coefficient (Wildman–Crippen LogP) is 1.42. The summed E-state index contributed by atoms with van der Waals surface area (Å²) in [7, 11) is 1.62. The summed E-state index contributed by atoms with van der Waals surface area (Å²) in [6.07, 6.45) is 0.708. The SMILES string of the molecule is COCc1cc(CNC(=O)[C@@H]2COc3ccccc3C2)[nH]n1. The summed E-state index contributed by atoms with van der Waals surface area (Å²) in [5.74, 6) is 0.720. The first-order chi connectivity index (χ1) is 10.8. The molecule has 1 amide bonds. The van der Waals surface area contributed by atoms with Crippen LogP contribution in [-0.2, 0) is 29.1 Å². The molecule has 22 heavy (non-hydrogen) atoms. The van der Waals surface area contributed by atoms with E-state index in [9.17, 15) is 4.79 Å². The van der Waals surface area contributed by atoms with Gasteiger partial charge in [0.15, 0.2) is 0 Å². The number of fused-ring (bicyclic) bond motifs is 1. The number of carbonyl (C=O) groups is 1. The van der Waals surface area contributed by atoms with Crippen LogP contribution in [0.25, 0.3) is 0 Å². The minimum absolute atomic E-state index is 0.00241. The Kier molecular flexibility index (Phi) is 4.39. The average molecular weight is 301 g/mol. The molecule has 0 aliphatic carbocycles. The number of hydrogen-bond acceptors (Lipinski definition) is 4. The van der Waals surface area contributed by atoms with Crippen LogP contribution in [0.5, 0.6) is 5.75 Å². The first-order valence-electron chi connectivity index (χ1n) is 7.27. The third kappa shape index (κ3) is 3.28. The lowest BCUT2D eigenvalue weighted by Crippen LogP contribution is -2.37. The number of carbonyl (C=O) groups excluding carboxylic acids is 1. The van der Waals surface area contributed by atoms with Gasteiger partial charge in [-0.3, -0.25) is 9.89 Å². The molecule has 1 aliphatic heterocycles. The highest BCUT2D eigenvalue weighted by molar-refractivity contribution is 5.79. The van der Waals surface area contributed by atoms with Gasteiger partial charge in [-0.15, -0.1) is 0 Å². The number of aromatic amines is 1. The Morgan fingerprint density at radius 2 is 2.36 bits per heavy atom. The van der Waals surface area contributed by atoms with Gasteiger partial charge in [-0.05, 0) is 24.1 Å². The molecular weight excluding hydrogens is 282 g/mol. The molecule has 0 radical (unpaired) electrons. The second-order valence-corrected chi connectivity index (χ2v) is 5.36. The largest absolute Gasteiger partial charge is 0.492 e. The molecule has 0 saturated carbocycles. The molecule has 1 aromatic carbocycles. The third-order valence-electron chi connectivity index (χ3n) is 3.68. The van der Waals surface area contributed by atoms with Gasteiger partial charge in [-0.25, -0.2) is 0 Å². The van der Waals surface area contributed by atoms with Crippen molar-refractivity contribution in [2.45, 2.75) is 19.6 Å². The first kappa shape index (κ1) is 14.6. The second-order valence-electron chi connectivity index (χ2n) is 5.36. The number of benzene rings is 1. The van der Waals surface area contributed by atoms with Gasteiger partial charge in [0.1, 0.15) is 12.4 Å². The standard InChI is InChI=1S/C16H19N3O3/c1-21-10-14-7-13(18-19-14)8-17-16(20)12-6-11-4-2-3-5-15(11)22-9-12/h2-5,7,12H,6,8-10H2,1H3,(H,17,20)(H,18,19)/t12-/m0/s1. The fourth-order valence-electron chi connectivity index (χ4n) is 2.54. The van der Waals surface area contributed by atoms with Gasteiger partial charge in [-0.1, -0.05) is 18.2 Å². The van der Waals surface area contributed by atoms with Crippen molar-refractivity contribution >= 4 is 5.91 Å². The van der Waals surface area contributed by atoms with Crippen molar-refractivity contribution in [1.29, 1.82) is 0 Å². The third-order valence-corrected chi connectivity index (χ3v) is 3.68. The minimum atomic E-state index is -0.156. The molecule has 0 fully saturated rings. The van der Waals surface area contributed by atoms with E-state index < -0.39 is 0 Å². The van der Waals surface area contributed by atoms with Crippen LogP contribution < -0.4 is 10.1 Å². The zero-order valence-corrected chi connectivity index (χ0v) is 12.5. The maximum atomic E-state index is 12.3. The summed E-state index contributed by atoms with van der Waals surface area (Å²) in [4.78, 5) is 12.3. The maximum Gasteiger partial charge on any atom is 0.227 e. The van der Waals surface area contributed by atoms with Gasteiger partial charge >= 0.3 is 0 Å². The molecule has 116 valence electrons. The number of nitrogens with zero attached hydrogens (tertiary/aromatic N) is 1. The molecule has 1 aromatic heterocycles. The van der Waals surface area contributed by atoms with Crippen molar-refractivity contribution in [1.82, 2.24) is 15.5 Å². The molecule has 6 nitrogen and oxygen atoms in total. The van der Waals surface area contributed by atoms with Crippen LogP contribution in [0.3, 0.4) is 0 Å². The molecule has 6 heteroatoms. The highest BCUT2D eigenvalue weighted by Crippen LogP contribution is 2.26. The summed E-state index contributed by atoms with van der Waals surface area (Å²) in [6.45, 7) is 1.30. The van der Waals surface area contributed by atoms with Crippen molar-refractivity contribution in [3.05, 3.63) is 47.3 Å². The Morgan fingerprint density at radius 1 is 1.50 bits per heavy atom. The summed E-state index contributed by atoms with van der Waals surface area (Å²) in [5, 5.41) is 9.91. The summed E-state index contributed by atoms with van der Waals surface area (Å²) in [6, 6.07) is 9.72. The van der Waals surface area contributed by atoms with Gasteiger partial charge in [0, 0.05) is 7.11 Å². The van der Waals surface area contributed by atoms with E-state index in [-0.39, 0.29) is 11.8 Å². The molecule has 0 unspecified atom stereocenters. The molecule has 2 heterocycles. The molecule has 0 bridgehead atoms. The Morgan fingerprint density at radius 3 is 3.23 bits per heavy atom. The summed E-state index contributed by atoms with van der Waals surface area (Å²) < 4.78 is 10.7. The number of rotatable bonds is 5. The average Bonchev–Trinajstić information content (AvgIpc) is 3.00. The molecule has 1 atom stereocenters. The molecule has 2 aromatic rings. The van der Waals surface area contributed by atoms with E-state index in [1.165, 1.54) is 0 Å². The molecular formula is C16H19N3O3. The van der Waals surface area contributed by atoms with E-state index in [4.69, 9.17) is 9.47 Å². The Labute approximate surface area is 128 Å². The van der Waals surface area contributed by atoms with Crippen LogP contribution >= 0.6 is 0 Å². The number of aromatic nitrogens is 2. The summed E-state index contributed by atoms with van der Waals surface area (Å²) >= 11 is 0. The molecule has 3 rings (SSSR count). The number of hydrogen-bond donors (Lipinski definition) is 2. The zero-order chi connectivity index (χ0) is 15.4. The minimum Gasteiger partial charge on any atom is -0.492 e. The van der Waals surface area contributed by atoms with Gasteiger partial charge < -0.3 is 14.8 Å². The lowest BCUT2D eigenvalue weighted by Gasteiger charge is -2.24. The number of amides is 1. The normalized spacial score (nSPS) is 16.7. The van der Waals surface area contributed by atoms with Crippen molar-refractivity contribution in [2.75, 3.05) is 13.7 Å². The number of ether oxygens (including phenoxy) is 2. The van der Waals surface area contributed by atoms with Crippen LogP contribution in [0, 0.1) is 5.92 Å². The first-order valence-corrected chi connectivity index (χ1v) is 7.27. The highest BCUT2D eigenvalue weighted by Gasteiger charge is 2.25. The van der Waals surface area contributed by atoms with Crippen LogP contribution in [0.15, 0.2) is 30.3 Å². The van der Waals surface area contributed by atoms with Gasteiger partial charge in [0.25, 0.3) is 0 Å². The number of nitrogens with one attached hydrogen (secondary N) is 2. The van der Waals surface area contributed by atoms with E-state index in [1.54, 1.807) is 7.11 Å². The van der Waals surface area contributed by atoms with E-state index in [0.717, 1.165) is 22.7 Å². The van der Waals surface area contributed by atoms with Crippen molar-refractivity contribution in [3.63, 3.8) is 0 Å². The topological polar surface area (TPSA) is 76.2 Å². The van der Waals surface area contributed by atoms with Crippen molar-refractivity contribution in [3.8, 4) is 5.75 Å². The predicted molar refractivity (Wildman–Crippen MR) is 80.3 cm³/mol. The molecule has 1 aliphatic rings. The van der Waals surface area contributed by atoms with Crippen LogP contribution in [-0.4, -0.2) is 29.8 Å². The van der Waals surface area contributed by atoms with E-state index in [0.29, 0.717) is 26.2 Å². The maximum absolute atomic E-state index is 12.3. The van der Waals surface area contributed by atoms with Crippen molar-refractivity contribution < 1.29 is 14.3 Å². The van der Waals surface area contributed by atoms with Crippen molar-refractivity contribution in [2.24, 2.45) is 5.92 Å². The van der Waals surface area contributed by atoms with Crippen LogP contribution in [0.2, 0.25) is 0 Å². The van der Waals surface area contributed by atoms with E-state index in [1.807, 2.05) is 30.3 Å². The lowest BCUT2D eigenvalue weighted by atomic mass is 9.96. The van der Waals surface area contributed by atoms with E-state index in [2.05, 4.69) is 15.5 Å². The van der Waals surface area contributed by atoms with Crippen LogP contribution in [0.1, 0.15) is 17.0 Å². The Balaban J connectivity index is 1.54. The zero-order valence-electron chi connectivity index (χ0n) is 12.5. The number of methoxy groups -OCH3 is 1. The molecule has 0 spiro atoms. The van der Waals surface area contributed by atoms with Gasteiger partial charge in [-0.2, -0.15) is 5.10 Å². The fraction of sp³-hybridized carbons (Fsp3) is 0.375. The Bertz CT molecular complexity index is 654. The highest BCUT2D eigenvalue weighted by atomic mass is 16.5. The van der Waals surface area contributed by atoms with E-state index >= 15 is 0 Å². The Hall–Kier alpha value is -2.34. The van der Waals surface area contributed by atoms with Gasteiger partial charge in [0.2, 0.25) is 5.91 Å². The second kappa shape index (κ2) is 6.62.